The van der Waals surface area contributed by atoms with Crippen LogP contribution < -0.4 is 0 Å². The van der Waals surface area contributed by atoms with E-state index < -0.39 is 15.6 Å². The molecule has 1 aromatic rings. The molecule has 1 atom stereocenters. The zero-order valence-corrected chi connectivity index (χ0v) is 12.7. The molecule has 1 aliphatic heterocycles. The fourth-order valence-corrected chi connectivity index (χ4v) is 3.90. The highest BCUT2D eigenvalue weighted by atomic mass is 79.9. The maximum absolute atomic E-state index is 12.4. The number of alkyl halides is 1. The number of morpholine rings is 1. The monoisotopic (exact) mass is 337 g/mol. The van der Waals surface area contributed by atoms with Gasteiger partial charge in [-0.05, 0) is 13.8 Å². The minimum absolute atomic E-state index is 0.143. The normalized spacial score (nSPS) is 25.2. The molecule has 1 unspecified atom stereocenters. The van der Waals surface area contributed by atoms with Gasteiger partial charge in [0.25, 0.3) is 0 Å². The summed E-state index contributed by atoms with van der Waals surface area (Å²) in [5.41, 5.74) is -0.493. The number of hydrogen-bond donors (Lipinski definition) is 1. The van der Waals surface area contributed by atoms with Gasteiger partial charge in [0.15, 0.2) is 0 Å². The highest BCUT2D eigenvalue weighted by molar-refractivity contribution is 9.09. The molecule has 0 aliphatic carbocycles. The van der Waals surface area contributed by atoms with Gasteiger partial charge in [-0.2, -0.15) is 9.40 Å². The molecule has 0 amide bonds. The van der Waals surface area contributed by atoms with Crippen LogP contribution in [0.5, 0.6) is 0 Å². The van der Waals surface area contributed by atoms with Crippen LogP contribution in [0.1, 0.15) is 13.8 Å². The first-order valence-corrected chi connectivity index (χ1v) is 8.14. The molecular weight excluding hydrogens is 322 g/mol. The Kier molecular flexibility index (Phi) is 3.82. The number of H-pyrrole nitrogens is 1. The zero-order chi connectivity index (χ0) is 13.4. The van der Waals surface area contributed by atoms with E-state index >= 15 is 0 Å². The molecule has 1 N–H and O–H groups in total. The van der Waals surface area contributed by atoms with Gasteiger partial charge in [0.1, 0.15) is 4.90 Å². The van der Waals surface area contributed by atoms with Gasteiger partial charge in [-0.1, -0.05) is 15.9 Å². The third-order valence-electron chi connectivity index (χ3n) is 2.73. The van der Waals surface area contributed by atoms with Crippen LogP contribution in [-0.4, -0.2) is 53.0 Å². The number of nitrogens with zero attached hydrogens (tertiary/aromatic N) is 2. The second-order valence-corrected chi connectivity index (χ2v) is 7.47. The first-order valence-electron chi connectivity index (χ1n) is 5.58. The van der Waals surface area contributed by atoms with Gasteiger partial charge in [0.05, 0.1) is 17.9 Å². The van der Waals surface area contributed by atoms with E-state index in [0.717, 1.165) is 0 Å². The van der Waals surface area contributed by atoms with Crippen LogP contribution >= 0.6 is 15.9 Å². The first kappa shape index (κ1) is 14.0. The van der Waals surface area contributed by atoms with E-state index in [-0.39, 0.29) is 11.0 Å². The summed E-state index contributed by atoms with van der Waals surface area (Å²) in [5.74, 6) is 0. The lowest BCUT2D eigenvalue weighted by atomic mass is 10.1. The van der Waals surface area contributed by atoms with Crippen molar-refractivity contribution in [3.8, 4) is 0 Å². The molecule has 1 fully saturated rings. The summed E-state index contributed by atoms with van der Waals surface area (Å²) in [7, 11) is -3.49. The Morgan fingerprint density at radius 3 is 2.94 bits per heavy atom. The molecule has 8 heteroatoms. The number of hydrogen-bond acceptors (Lipinski definition) is 4. The predicted molar refractivity (Wildman–Crippen MR) is 70.1 cm³/mol. The quantitative estimate of drug-likeness (QED) is 0.834. The first-order chi connectivity index (χ1) is 8.35. The summed E-state index contributed by atoms with van der Waals surface area (Å²) in [6.45, 7) is 4.46. The van der Waals surface area contributed by atoms with Crippen LogP contribution in [0, 0.1) is 0 Å². The summed E-state index contributed by atoms with van der Waals surface area (Å²) in [4.78, 5) is 0.188. The average Bonchev–Trinajstić information content (AvgIpc) is 2.80. The molecule has 2 rings (SSSR count). The lowest BCUT2D eigenvalue weighted by Crippen LogP contribution is -2.54. The van der Waals surface area contributed by atoms with Crippen molar-refractivity contribution in [1.29, 1.82) is 0 Å². The van der Waals surface area contributed by atoms with Crippen LogP contribution in [0.15, 0.2) is 17.3 Å². The molecule has 0 radical (unpaired) electrons. The van der Waals surface area contributed by atoms with Crippen LogP contribution in [0.3, 0.4) is 0 Å². The second kappa shape index (κ2) is 4.92. The van der Waals surface area contributed by atoms with E-state index in [1.807, 2.05) is 13.8 Å². The summed E-state index contributed by atoms with van der Waals surface area (Å²) >= 11 is 3.34. The van der Waals surface area contributed by atoms with Crippen molar-refractivity contribution in [3.05, 3.63) is 12.4 Å². The van der Waals surface area contributed by atoms with Crippen molar-refractivity contribution in [2.75, 3.05) is 18.4 Å². The van der Waals surface area contributed by atoms with Crippen molar-refractivity contribution in [1.82, 2.24) is 14.5 Å². The zero-order valence-electron chi connectivity index (χ0n) is 10.3. The molecule has 18 heavy (non-hydrogen) atoms. The van der Waals surface area contributed by atoms with Gasteiger partial charge < -0.3 is 4.74 Å². The molecule has 102 valence electrons. The molecule has 6 nitrogen and oxygen atoms in total. The van der Waals surface area contributed by atoms with Gasteiger partial charge in [-0.15, -0.1) is 0 Å². The molecule has 0 saturated carbocycles. The average molecular weight is 338 g/mol. The van der Waals surface area contributed by atoms with Gasteiger partial charge in [-0.25, -0.2) is 8.42 Å². The SMILES string of the molecule is CC1(C)CN(S(=O)(=O)c2cn[nH]c2)CC(CBr)O1. The van der Waals surface area contributed by atoms with Gasteiger partial charge in [-0.3, -0.25) is 5.10 Å². The van der Waals surface area contributed by atoms with E-state index in [2.05, 4.69) is 26.1 Å². The molecule has 0 bridgehead atoms. The molecular formula is C10H16BrN3O3S. The van der Waals surface area contributed by atoms with Crippen LogP contribution in [0.25, 0.3) is 0 Å². The Balaban J connectivity index is 2.28. The minimum atomic E-state index is -3.49. The van der Waals surface area contributed by atoms with Crippen molar-refractivity contribution >= 4 is 26.0 Å². The van der Waals surface area contributed by atoms with Gasteiger partial charge in [0.2, 0.25) is 10.0 Å². The fourth-order valence-electron chi connectivity index (χ4n) is 2.03. The summed E-state index contributed by atoms with van der Waals surface area (Å²) in [5, 5.41) is 6.82. The lowest BCUT2D eigenvalue weighted by Gasteiger charge is -2.41. The number of aromatic nitrogens is 2. The Morgan fingerprint density at radius 1 is 1.67 bits per heavy atom. The Morgan fingerprint density at radius 2 is 2.39 bits per heavy atom. The van der Waals surface area contributed by atoms with Gasteiger partial charge in [0, 0.05) is 24.6 Å². The maximum atomic E-state index is 12.4. The smallest absolute Gasteiger partial charge is 0.246 e. The van der Waals surface area contributed by atoms with Crippen molar-refractivity contribution in [2.24, 2.45) is 0 Å². The number of halogens is 1. The van der Waals surface area contributed by atoms with Crippen LogP contribution in [-0.2, 0) is 14.8 Å². The van der Waals surface area contributed by atoms with E-state index in [9.17, 15) is 8.42 Å². The third-order valence-corrected chi connectivity index (χ3v) is 5.23. The van der Waals surface area contributed by atoms with E-state index in [0.29, 0.717) is 18.4 Å². The lowest BCUT2D eigenvalue weighted by molar-refractivity contribution is -0.106. The Bertz CT molecular complexity index is 500. The van der Waals surface area contributed by atoms with Crippen LogP contribution in [0.4, 0.5) is 0 Å². The maximum Gasteiger partial charge on any atom is 0.246 e. The molecule has 0 aromatic carbocycles. The largest absolute Gasteiger partial charge is 0.369 e. The summed E-state index contributed by atoms with van der Waals surface area (Å²) in [6, 6.07) is 0. The van der Waals surface area contributed by atoms with Crippen molar-refractivity contribution in [2.45, 2.75) is 30.4 Å². The topological polar surface area (TPSA) is 75.3 Å². The Hall–Kier alpha value is -0.440. The van der Waals surface area contributed by atoms with E-state index in [1.54, 1.807) is 0 Å². The predicted octanol–water partition coefficient (Wildman–Crippen LogP) is 0.973. The second-order valence-electron chi connectivity index (χ2n) is 4.89. The van der Waals surface area contributed by atoms with Gasteiger partial charge >= 0.3 is 0 Å². The summed E-state index contributed by atoms with van der Waals surface area (Å²) in [6.07, 6.45) is 2.57. The fraction of sp³-hybridized carbons (Fsp3) is 0.700. The standard InChI is InChI=1S/C10H16BrN3O3S/c1-10(2)7-14(6-8(3-11)17-10)18(15,16)9-4-12-13-5-9/h4-5,8H,3,6-7H2,1-2H3,(H,12,13). The molecule has 0 spiro atoms. The highest BCUT2D eigenvalue weighted by Gasteiger charge is 2.39. The minimum Gasteiger partial charge on any atom is -0.369 e. The number of aromatic amines is 1. The number of nitrogens with one attached hydrogen (secondary N) is 1. The van der Waals surface area contributed by atoms with E-state index in [4.69, 9.17) is 4.74 Å². The number of ether oxygens (including phenoxy) is 1. The van der Waals surface area contributed by atoms with Crippen molar-refractivity contribution in [3.63, 3.8) is 0 Å². The highest BCUT2D eigenvalue weighted by Crippen LogP contribution is 2.26. The van der Waals surface area contributed by atoms with Crippen LogP contribution in [0.2, 0.25) is 0 Å². The molecule has 1 aromatic heterocycles. The number of rotatable bonds is 3. The Labute approximate surface area is 115 Å². The van der Waals surface area contributed by atoms with E-state index in [1.165, 1.54) is 16.7 Å². The number of sulfonamides is 1. The van der Waals surface area contributed by atoms with Crippen molar-refractivity contribution < 1.29 is 13.2 Å². The summed E-state index contributed by atoms with van der Waals surface area (Å²) < 4.78 is 32.0. The third kappa shape index (κ3) is 2.76. The molecule has 1 aliphatic rings. The molecule has 1 saturated heterocycles. The molecule has 2 heterocycles.